The van der Waals surface area contributed by atoms with Crippen molar-refractivity contribution in [3.05, 3.63) is 120 Å². The van der Waals surface area contributed by atoms with Gasteiger partial charge in [-0.25, -0.2) is 9.78 Å². The summed E-state index contributed by atoms with van der Waals surface area (Å²) >= 11 is 0. The van der Waals surface area contributed by atoms with E-state index in [1.165, 1.54) is 12.3 Å². The van der Waals surface area contributed by atoms with Crippen molar-refractivity contribution in [2.75, 3.05) is 7.11 Å². The van der Waals surface area contributed by atoms with Gasteiger partial charge in [-0.2, -0.15) is 0 Å². The van der Waals surface area contributed by atoms with E-state index in [-0.39, 0.29) is 12.3 Å². The quantitative estimate of drug-likeness (QED) is 0.368. The summed E-state index contributed by atoms with van der Waals surface area (Å²) in [5.41, 5.74) is 2.66. The van der Waals surface area contributed by atoms with Crippen LogP contribution >= 0.6 is 0 Å². The number of carboxylic acids is 1. The Bertz CT molecular complexity index is 1150. The Kier molecular flexibility index (Phi) is 6.85. The smallest absolute Gasteiger partial charge is 0.354 e. The van der Waals surface area contributed by atoms with Crippen molar-refractivity contribution in [3.8, 4) is 17.2 Å². The molecule has 0 saturated heterocycles. The number of nitrogens with zero attached hydrogens (tertiary/aromatic N) is 1. The number of aromatic nitrogens is 1. The molecule has 33 heavy (non-hydrogen) atoms. The highest BCUT2D eigenvalue weighted by Gasteiger charge is 2.20. The molecule has 0 unspecified atom stereocenters. The molecule has 0 radical (unpaired) electrons. The Morgan fingerprint density at radius 3 is 2.03 bits per heavy atom. The minimum Gasteiger partial charge on any atom is -0.497 e. The van der Waals surface area contributed by atoms with Gasteiger partial charge in [-0.3, -0.25) is 0 Å². The van der Waals surface area contributed by atoms with E-state index in [0.29, 0.717) is 11.5 Å². The molecule has 4 aromatic rings. The topological polar surface area (TPSA) is 77.9 Å². The van der Waals surface area contributed by atoms with Crippen molar-refractivity contribution in [3.63, 3.8) is 0 Å². The van der Waals surface area contributed by atoms with Crippen LogP contribution in [0, 0.1) is 0 Å². The van der Waals surface area contributed by atoms with Gasteiger partial charge in [0.1, 0.15) is 18.5 Å². The monoisotopic (exact) mass is 441 g/mol. The molecule has 0 amide bonds. The van der Waals surface area contributed by atoms with E-state index in [1.807, 2.05) is 84.9 Å². The van der Waals surface area contributed by atoms with Gasteiger partial charge in [0, 0.05) is 6.07 Å². The average Bonchev–Trinajstić information content (AvgIpc) is 2.87. The molecule has 0 aliphatic heterocycles. The van der Waals surface area contributed by atoms with Crippen molar-refractivity contribution in [1.82, 2.24) is 4.98 Å². The van der Waals surface area contributed by atoms with E-state index in [0.717, 1.165) is 22.4 Å². The molecular formula is C27H23NO5. The van der Waals surface area contributed by atoms with Gasteiger partial charge in [0.15, 0.2) is 17.2 Å². The summed E-state index contributed by atoms with van der Waals surface area (Å²) in [6, 6.07) is 28.4. The van der Waals surface area contributed by atoms with Gasteiger partial charge in [0.2, 0.25) is 0 Å². The summed E-state index contributed by atoms with van der Waals surface area (Å²) in [4.78, 5) is 15.6. The van der Waals surface area contributed by atoms with Crippen LogP contribution in [-0.2, 0) is 6.61 Å². The third-order valence-electron chi connectivity index (χ3n) is 5.05. The molecule has 1 heterocycles. The van der Waals surface area contributed by atoms with Crippen molar-refractivity contribution in [1.29, 1.82) is 0 Å². The number of pyridine rings is 1. The SMILES string of the molecule is COc1ccc(COc2cnc(C(=O)O)cc2OC(c2ccccc2)c2ccccc2)cc1. The fourth-order valence-corrected chi connectivity index (χ4v) is 3.34. The molecule has 4 rings (SSSR count). The maximum atomic E-state index is 11.6. The van der Waals surface area contributed by atoms with Crippen molar-refractivity contribution < 1.29 is 24.1 Å². The summed E-state index contributed by atoms with van der Waals surface area (Å²) in [6.45, 7) is 0.260. The van der Waals surface area contributed by atoms with Crippen LogP contribution in [0.2, 0.25) is 0 Å². The van der Waals surface area contributed by atoms with Gasteiger partial charge in [-0.1, -0.05) is 72.8 Å². The van der Waals surface area contributed by atoms with E-state index in [9.17, 15) is 9.90 Å². The molecular weight excluding hydrogens is 418 g/mol. The van der Waals surface area contributed by atoms with Crippen molar-refractivity contribution in [2.24, 2.45) is 0 Å². The van der Waals surface area contributed by atoms with Gasteiger partial charge in [-0.15, -0.1) is 0 Å². The second-order valence-electron chi connectivity index (χ2n) is 7.28. The number of hydrogen-bond donors (Lipinski definition) is 1. The molecule has 166 valence electrons. The number of hydrogen-bond acceptors (Lipinski definition) is 5. The molecule has 6 heteroatoms. The average molecular weight is 441 g/mol. The molecule has 0 bridgehead atoms. The zero-order chi connectivity index (χ0) is 23.0. The minimum absolute atomic E-state index is 0.123. The predicted octanol–water partition coefficient (Wildman–Crippen LogP) is 5.54. The Balaban J connectivity index is 1.66. The third-order valence-corrected chi connectivity index (χ3v) is 5.05. The number of carbonyl (C=O) groups is 1. The highest BCUT2D eigenvalue weighted by molar-refractivity contribution is 5.86. The Morgan fingerprint density at radius 1 is 0.879 bits per heavy atom. The highest BCUT2D eigenvalue weighted by atomic mass is 16.5. The lowest BCUT2D eigenvalue weighted by molar-refractivity contribution is 0.0689. The molecule has 0 spiro atoms. The maximum Gasteiger partial charge on any atom is 0.354 e. The maximum absolute atomic E-state index is 11.6. The first-order chi connectivity index (χ1) is 16.1. The molecule has 1 N–H and O–H groups in total. The molecule has 3 aromatic carbocycles. The number of methoxy groups -OCH3 is 1. The van der Waals surface area contributed by atoms with Crippen LogP contribution in [0.15, 0.2) is 97.2 Å². The van der Waals surface area contributed by atoms with Crippen LogP contribution in [0.1, 0.15) is 33.3 Å². The summed E-state index contributed by atoms with van der Waals surface area (Å²) in [7, 11) is 1.61. The molecule has 0 fully saturated rings. The molecule has 0 saturated carbocycles. The lowest BCUT2D eigenvalue weighted by atomic mass is 10.0. The van der Waals surface area contributed by atoms with Crippen LogP contribution in [0.25, 0.3) is 0 Å². The van der Waals surface area contributed by atoms with Crippen LogP contribution in [0.5, 0.6) is 17.2 Å². The summed E-state index contributed by atoms with van der Waals surface area (Å²) in [5, 5.41) is 9.45. The number of aromatic carboxylic acids is 1. The molecule has 0 atom stereocenters. The number of carboxylic acid groups (broad SMARTS) is 1. The Morgan fingerprint density at radius 2 is 1.48 bits per heavy atom. The molecule has 1 aromatic heterocycles. The Hall–Kier alpha value is -4.32. The van der Waals surface area contributed by atoms with Gasteiger partial charge in [-0.05, 0) is 28.8 Å². The predicted molar refractivity (Wildman–Crippen MR) is 124 cm³/mol. The largest absolute Gasteiger partial charge is 0.497 e. The first-order valence-electron chi connectivity index (χ1n) is 10.4. The van der Waals surface area contributed by atoms with Crippen molar-refractivity contribution >= 4 is 5.97 Å². The normalized spacial score (nSPS) is 10.6. The van der Waals surface area contributed by atoms with E-state index in [1.54, 1.807) is 7.11 Å². The van der Waals surface area contributed by atoms with E-state index >= 15 is 0 Å². The summed E-state index contributed by atoms with van der Waals surface area (Å²) < 4.78 is 17.6. The van der Waals surface area contributed by atoms with Gasteiger partial charge >= 0.3 is 5.97 Å². The number of rotatable bonds is 9. The number of benzene rings is 3. The molecule has 0 aliphatic carbocycles. The van der Waals surface area contributed by atoms with Gasteiger partial charge in [0.05, 0.1) is 13.3 Å². The molecule has 6 nitrogen and oxygen atoms in total. The fourth-order valence-electron chi connectivity index (χ4n) is 3.34. The lowest BCUT2D eigenvalue weighted by Gasteiger charge is -2.22. The lowest BCUT2D eigenvalue weighted by Crippen LogP contribution is -2.12. The van der Waals surface area contributed by atoms with Gasteiger partial charge in [0.25, 0.3) is 0 Å². The zero-order valence-corrected chi connectivity index (χ0v) is 18.0. The second-order valence-corrected chi connectivity index (χ2v) is 7.28. The van der Waals surface area contributed by atoms with Crippen LogP contribution in [0.4, 0.5) is 0 Å². The number of ether oxygens (including phenoxy) is 3. The molecule has 0 aliphatic rings. The second kappa shape index (κ2) is 10.3. The highest BCUT2D eigenvalue weighted by Crippen LogP contribution is 2.35. The third kappa shape index (κ3) is 5.49. The van der Waals surface area contributed by atoms with Crippen LogP contribution in [0.3, 0.4) is 0 Å². The summed E-state index contributed by atoms with van der Waals surface area (Å²) in [6.07, 6.45) is 0.926. The van der Waals surface area contributed by atoms with Crippen LogP contribution < -0.4 is 14.2 Å². The Labute approximate surface area is 192 Å². The first-order valence-corrected chi connectivity index (χ1v) is 10.4. The van der Waals surface area contributed by atoms with E-state index in [4.69, 9.17) is 14.2 Å². The van der Waals surface area contributed by atoms with Crippen LogP contribution in [-0.4, -0.2) is 23.2 Å². The standard InChI is InChI=1S/C27H23NO5/c1-31-22-14-12-19(13-15-22)18-32-25-17-28-23(27(29)30)16-24(25)33-26(20-8-4-2-5-9-20)21-10-6-3-7-11-21/h2-17,26H,18H2,1H3,(H,29,30). The van der Waals surface area contributed by atoms with E-state index in [2.05, 4.69) is 4.98 Å². The zero-order valence-electron chi connectivity index (χ0n) is 18.0. The van der Waals surface area contributed by atoms with Gasteiger partial charge < -0.3 is 19.3 Å². The summed E-state index contributed by atoms with van der Waals surface area (Å²) in [5.74, 6) is 0.266. The first kappa shape index (κ1) is 21.9. The minimum atomic E-state index is -1.14. The van der Waals surface area contributed by atoms with E-state index < -0.39 is 12.1 Å². The van der Waals surface area contributed by atoms with Crippen molar-refractivity contribution in [2.45, 2.75) is 12.7 Å². The fraction of sp³-hybridized carbons (Fsp3) is 0.111.